The van der Waals surface area contributed by atoms with E-state index in [1.54, 1.807) is 12.1 Å². The molecule has 0 saturated heterocycles. The molecular weight excluding hydrogens is 447 g/mol. The third kappa shape index (κ3) is 5.34. The van der Waals surface area contributed by atoms with Crippen molar-refractivity contribution in [3.63, 3.8) is 0 Å². The Morgan fingerprint density at radius 1 is 1.03 bits per heavy atom. The summed E-state index contributed by atoms with van der Waals surface area (Å²) < 4.78 is 5.82. The van der Waals surface area contributed by atoms with Gasteiger partial charge in [-0.15, -0.1) is 11.3 Å². The van der Waals surface area contributed by atoms with Crippen molar-refractivity contribution in [2.24, 2.45) is 0 Å². The van der Waals surface area contributed by atoms with Crippen molar-refractivity contribution in [1.29, 1.82) is 5.26 Å². The third-order valence-electron chi connectivity index (χ3n) is 4.50. The first-order valence-electron chi connectivity index (χ1n) is 9.42. The molecule has 0 unspecified atom stereocenters. The normalized spacial score (nSPS) is 11.2. The zero-order valence-electron chi connectivity index (χ0n) is 16.3. The zero-order valence-corrected chi connectivity index (χ0v) is 18.6. The van der Waals surface area contributed by atoms with E-state index in [-0.39, 0.29) is 0 Å². The van der Waals surface area contributed by atoms with E-state index >= 15 is 0 Å². The Morgan fingerprint density at radius 2 is 1.81 bits per heavy atom. The van der Waals surface area contributed by atoms with Crippen LogP contribution in [0.15, 0.2) is 78.2 Å². The molecule has 0 aliphatic carbocycles. The molecule has 31 heavy (non-hydrogen) atoms. The second-order valence-electron chi connectivity index (χ2n) is 6.68. The SMILES string of the molecule is N#C/C(=C\c1ccc(OCc2ccccc2)cc1)c1nc(-c2ccc(Cl)cc2Cl)cs1. The van der Waals surface area contributed by atoms with Crippen molar-refractivity contribution in [1.82, 2.24) is 4.98 Å². The van der Waals surface area contributed by atoms with E-state index in [4.69, 9.17) is 27.9 Å². The maximum Gasteiger partial charge on any atom is 0.134 e. The van der Waals surface area contributed by atoms with Gasteiger partial charge in [-0.05, 0) is 47.5 Å². The molecule has 152 valence electrons. The molecule has 4 rings (SSSR count). The van der Waals surface area contributed by atoms with E-state index in [1.807, 2.05) is 72.1 Å². The monoisotopic (exact) mass is 462 g/mol. The summed E-state index contributed by atoms with van der Waals surface area (Å²) >= 11 is 13.7. The Hall–Kier alpha value is -3.10. The molecule has 0 amide bonds. The van der Waals surface area contributed by atoms with E-state index in [0.717, 1.165) is 22.4 Å². The van der Waals surface area contributed by atoms with E-state index in [9.17, 15) is 5.26 Å². The first-order chi connectivity index (χ1) is 15.1. The number of rotatable bonds is 6. The minimum Gasteiger partial charge on any atom is -0.489 e. The van der Waals surface area contributed by atoms with E-state index < -0.39 is 0 Å². The number of nitriles is 1. The largest absolute Gasteiger partial charge is 0.489 e. The highest BCUT2D eigenvalue weighted by Gasteiger charge is 2.12. The minimum atomic E-state index is 0.485. The average Bonchev–Trinajstić information content (AvgIpc) is 3.27. The standard InChI is InChI=1S/C25H16Cl2N2OS/c26-20-8-11-22(23(27)13-20)24-16-31-25(29-24)19(14-28)12-17-6-9-21(10-7-17)30-15-18-4-2-1-3-5-18/h1-13,16H,15H2/b19-12+. The molecule has 0 spiro atoms. The first kappa shape index (κ1) is 21.1. The van der Waals surface area contributed by atoms with E-state index in [0.29, 0.717) is 32.9 Å². The number of thiazole rings is 1. The van der Waals surface area contributed by atoms with Gasteiger partial charge in [0.15, 0.2) is 0 Å². The molecule has 0 saturated carbocycles. The van der Waals surface area contributed by atoms with Crippen molar-refractivity contribution in [3.05, 3.63) is 104 Å². The highest BCUT2D eigenvalue weighted by atomic mass is 35.5. The first-order valence-corrected chi connectivity index (χ1v) is 11.1. The van der Waals surface area contributed by atoms with Crippen LogP contribution < -0.4 is 4.74 Å². The Balaban J connectivity index is 1.50. The Labute approximate surface area is 194 Å². The Bertz CT molecular complexity index is 1260. The number of hydrogen-bond donors (Lipinski definition) is 0. The number of ether oxygens (including phenoxy) is 1. The lowest BCUT2D eigenvalue weighted by molar-refractivity contribution is 0.306. The van der Waals surface area contributed by atoms with E-state index in [1.165, 1.54) is 11.3 Å². The lowest BCUT2D eigenvalue weighted by Gasteiger charge is -2.06. The van der Waals surface area contributed by atoms with Gasteiger partial charge >= 0.3 is 0 Å². The van der Waals surface area contributed by atoms with Gasteiger partial charge in [0.05, 0.1) is 16.3 Å². The molecule has 3 aromatic carbocycles. The molecule has 0 aliphatic heterocycles. The molecule has 0 radical (unpaired) electrons. The lowest BCUT2D eigenvalue weighted by atomic mass is 10.1. The van der Waals surface area contributed by atoms with Crippen molar-refractivity contribution in [3.8, 4) is 23.1 Å². The van der Waals surface area contributed by atoms with Gasteiger partial charge in [-0.25, -0.2) is 4.98 Å². The van der Waals surface area contributed by atoms with Crippen LogP contribution in [0.4, 0.5) is 0 Å². The number of hydrogen-bond acceptors (Lipinski definition) is 4. The number of benzene rings is 3. The fraction of sp³-hybridized carbons (Fsp3) is 0.0400. The maximum atomic E-state index is 9.66. The predicted molar refractivity (Wildman–Crippen MR) is 128 cm³/mol. The van der Waals surface area contributed by atoms with Crippen LogP contribution in [0.2, 0.25) is 10.0 Å². The quantitative estimate of drug-likeness (QED) is 0.275. The predicted octanol–water partition coefficient (Wildman–Crippen LogP) is 7.76. The molecule has 0 bridgehead atoms. The highest BCUT2D eigenvalue weighted by molar-refractivity contribution is 7.11. The summed E-state index contributed by atoms with van der Waals surface area (Å²) in [6, 6.07) is 25.1. The summed E-state index contributed by atoms with van der Waals surface area (Å²) in [4.78, 5) is 4.59. The van der Waals surface area contributed by atoms with Gasteiger partial charge in [-0.2, -0.15) is 5.26 Å². The van der Waals surface area contributed by atoms with Crippen molar-refractivity contribution in [2.75, 3.05) is 0 Å². The fourth-order valence-electron chi connectivity index (χ4n) is 2.93. The van der Waals surface area contributed by atoms with Crippen LogP contribution in [-0.4, -0.2) is 4.98 Å². The molecule has 6 heteroatoms. The Kier molecular flexibility index (Phi) is 6.69. The van der Waals surface area contributed by atoms with Gasteiger partial charge in [0.1, 0.15) is 23.4 Å². The second kappa shape index (κ2) is 9.80. The average molecular weight is 463 g/mol. The van der Waals surface area contributed by atoms with E-state index in [2.05, 4.69) is 11.1 Å². The summed E-state index contributed by atoms with van der Waals surface area (Å²) in [6.07, 6.45) is 1.81. The number of halogens is 2. The summed E-state index contributed by atoms with van der Waals surface area (Å²) in [6.45, 7) is 0.509. The van der Waals surface area contributed by atoms with Crippen LogP contribution in [0.25, 0.3) is 22.9 Å². The van der Waals surface area contributed by atoms with Gasteiger partial charge in [-0.1, -0.05) is 65.7 Å². The molecule has 0 aliphatic rings. The minimum absolute atomic E-state index is 0.485. The van der Waals surface area contributed by atoms with Crippen molar-refractivity contribution >= 4 is 46.2 Å². The van der Waals surface area contributed by atoms with Crippen LogP contribution in [-0.2, 0) is 6.61 Å². The van der Waals surface area contributed by atoms with Crippen LogP contribution in [0.3, 0.4) is 0 Å². The molecule has 0 fully saturated rings. The zero-order chi connectivity index (χ0) is 21.6. The second-order valence-corrected chi connectivity index (χ2v) is 8.38. The Morgan fingerprint density at radius 3 is 2.52 bits per heavy atom. The number of allylic oxidation sites excluding steroid dienone is 1. The van der Waals surface area contributed by atoms with Crippen molar-refractivity contribution < 1.29 is 4.74 Å². The van der Waals surface area contributed by atoms with Gasteiger partial charge in [-0.3, -0.25) is 0 Å². The van der Waals surface area contributed by atoms with Gasteiger partial charge in [0.25, 0.3) is 0 Å². The lowest BCUT2D eigenvalue weighted by Crippen LogP contribution is -1.94. The fourth-order valence-corrected chi connectivity index (χ4v) is 4.22. The molecule has 0 atom stereocenters. The smallest absolute Gasteiger partial charge is 0.134 e. The van der Waals surface area contributed by atoms with Crippen LogP contribution in [0.1, 0.15) is 16.1 Å². The molecule has 3 nitrogen and oxygen atoms in total. The van der Waals surface area contributed by atoms with Crippen LogP contribution >= 0.6 is 34.5 Å². The maximum absolute atomic E-state index is 9.66. The molecule has 1 heterocycles. The number of aromatic nitrogens is 1. The molecule has 1 aromatic heterocycles. The number of nitrogens with zero attached hydrogens (tertiary/aromatic N) is 2. The van der Waals surface area contributed by atoms with Gasteiger partial charge < -0.3 is 4.74 Å². The van der Waals surface area contributed by atoms with Crippen molar-refractivity contribution in [2.45, 2.75) is 6.61 Å². The molecule has 4 aromatic rings. The summed E-state index contributed by atoms with van der Waals surface area (Å²) in [5.74, 6) is 0.772. The molecular formula is C25H16Cl2N2OS. The summed E-state index contributed by atoms with van der Waals surface area (Å²) in [5.41, 5.74) is 3.99. The van der Waals surface area contributed by atoms with Gasteiger partial charge in [0.2, 0.25) is 0 Å². The van der Waals surface area contributed by atoms with Gasteiger partial charge in [0, 0.05) is 16.0 Å². The summed E-state index contributed by atoms with van der Waals surface area (Å²) in [7, 11) is 0. The topological polar surface area (TPSA) is 45.9 Å². The van der Waals surface area contributed by atoms with Crippen LogP contribution in [0, 0.1) is 11.3 Å². The molecule has 0 N–H and O–H groups in total. The van der Waals surface area contributed by atoms with Crippen LogP contribution in [0.5, 0.6) is 5.75 Å². The highest BCUT2D eigenvalue weighted by Crippen LogP contribution is 2.33. The summed E-state index contributed by atoms with van der Waals surface area (Å²) in [5, 5.41) is 13.3. The third-order valence-corrected chi connectivity index (χ3v) is 5.92.